The van der Waals surface area contributed by atoms with E-state index in [1.54, 1.807) is 37.3 Å². The van der Waals surface area contributed by atoms with Crippen molar-refractivity contribution in [2.24, 2.45) is 0 Å². The van der Waals surface area contributed by atoms with Gasteiger partial charge in [-0.25, -0.2) is 8.42 Å². The van der Waals surface area contributed by atoms with Crippen molar-refractivity contribution < 1.29 is 22.2 Å². The number of amides is 1. The zero-order valence-corrected chi connectivity index (χ0v) is 18.6. The fourth-order valence-electron chi connectivity index (χ4n) is 3.01. The summed E-state index contributed by atoms with van der Waals surface area (Å²) >= 11 is 0. The third-order valence-electron chi connectivity index (χ3n) is 4.26. The number of hydrogen-bond acceptors (Lipinski definition) is 4. The predicted molar refractivity (Wildman–Crippen MR) is 114 cm³/mol. The lowest BCUT2D eigenvalue weighted by molar-refractivity contribution is -0.909. The Morgan fingerprint density at radius 3 is 2.07 bits per heavy atom. The second kappa shape index (κ2) is 13.5. The van der Waals surface area contributed by atoms with Crippen molar-refractivity contribution in [1.82, 2.24) is 5.32 Å². The van der Waals surface area contributed by atoms with E-state index in [9.17, 15) is 17.8 Å². The normalized spacial score (nSPS) is 11.3. The minimum absolute atomic E-state index is 0.0230. The van der Waals surface area contributed by atoms with Gasteiger partial charge < -0.3 is 14.4 Å². The number of quaternary nitrogens is 1. The molecule has 0 aliphatic heterocycles. The second-order valence-corrected chi connectivity index (χ2v) is 8.77. The molecule has 28 heavy (non-hydrogen) atoms. The lowest BCUT2D eigenvalue weighted by atomic mass is 10.2. The van der Waals surface area contributed by atoms with Crippen LogP contribution in [0.3, 0.4) is 0 Å². The van der Waals surface area contributed by atoms with Crippen LogP contribution in [0.4, 0.5) is 0 Å². The quantitative estimate of drug-likeness (QED) is 0.262. The highest BCUT2D eigenvalue weighted by molar-refractivity contribution is 7.84. The van der Waals surface area contributed by atoms with E-state index in [-0.39, 0.29) is 5.91 Å². The number of carbonyl (C=O) groups is 1. The van der Waals surface area contributed by atoms with Crippen LogP contribution < -0.4 is 5.32 Å². The highest BCUT2D eigenvalue weighted by Gasteiger charge is 2.18. The lowest BCUT2D eigenvalue weighted by Crippen LogP contribution is -2.46. The van der Waals surface area contributed by atoms with Gasteiger partial charge in [-0.2, -0.15) is 0 Å². The summed E-state index contributed by atoms with van der Waals surface area (Å²) in [5.74, 6) is -0.446. The highest BCUT2D eigenvalue weighted by Crippen LogP contribution is 2.07. The van der Waals surface area contributed by atoms with Gasteiger partial charge in [0.25, 0.3) is 0 Å². The van der Waals surface area contributed by atoms with Gasteiger partial charge in [-0.05, 0) is 25.3 Å². The number of nitrogens with zero attached hydrogens (tertiary/aromatic N) is 1. The molecule has 0 aliphatic rings. The van der Waals surface area contributed by atoms with E-state index in [4.69, 9.17) is 0 Å². The second-order valence-electron chi connectivity index (χ2n) is 7.37. The number of nitrogens with one attached hydrogen (secondary N) is 1. The van der Waals surface area contributed by atoms with E-state index < -0.39 is 15.9 Å². The minimum Gasteiger partial charge on any atom is -0.748 e. The first-order valence-corrected chi connectivity index (χ1v) is 11.4. The van der Waals surface area contributed by atoms with Gasteiger partial charge in [0.05, 0.1) is 42.6 Å². The molecule has 1 amide bonds. The summed E-state index contributed by atoms with van der Waals surface area (Å²) in [7, 11) is -1.81. The summed E-state index contributed by atoms with van der Waals surface area (Å²) < 4.78 is 31.9. The molecule has 1 aromatic carbocycles. The molecule has 1 rings (SSSR count). The van der Waals surface area contributed by atoms with Crippen LogP contribution in [-0.4, -0.2) is 56.6 Å². The van der Waals surface area contributed by atoms with E-state index >= 15 is 0 Å². The largest absolute Gasteiger partial charge is 0.748 e. The van der Waals surface area contributed by atoms with E-state index in [1.807, 2.05) is 0 Å². The van der Waals surface area contributed by atoms with Gasteiger partial charge in [-0.15, -0.1) is 0 Å². The van der Waals surface area contributed by atoms with Crippen molar-refractivity contribution in [1.29, 1.82) is 0 Å². The monoisotopic (exact) mass is 412 g/mol. The Bertz CT molecular complexity index is 682. The number of rotatable bonds is 11. The van der Waals surface area contributed by atoms with Gasteiger partial charge in [-0.3, -0.25) is 4.79 Å². The van der Waals surface area contributed by atoms with Crippen molar-refractivity contribution in [3.63, 3.8) is 0 Å². The average Bonchev–Trinajstić information content (AvgIpc) is 2.59. The fourth-order valence-corrected chi connectivity index (χ4v) is 3.61. The highest BCUT2D eigenvalue weighted by atomic mass is 32.2. The molecule has 7 heteroatoms. The van der Waals surface area contributed by atoms with Crippen molar-refractivity contribution >= 4 is 16.0 Å². The fraction of sp³-hybridized carbons (Fsp3) is 0.571. The number of benzene rings is 1. The van der Waals surface area contributed by atoms with Crippen molar-refractivity contribution in [2.75, 3.05) is 33.2 Å². The molecule has 0 aromatic heterocycles. The number of carbonyl (C=O) groups excluding carboxylic acids is 1. The van der Waals surface area contributed by atoms with Crippen LogP contribution in [0.1, 0.15) is 45.6 Å². The Labute approximate surface area is 171 Å². The Morgan fingerprint density at radius 2 is 1.64 bits per heavy atom. The molecule has 1 N–H and O–H groups in total. The van der Waals surface area contributed by atoms with Crippen LogP contribution in [0.15, 0.2) is 42.5 Å². The molecule has 0 fully saturated rings. The van der Waals surface area contributed by atoms with Gasteiger partial charge in [0.2, 0.25) is 5.91 Å². The van der Waals surface area contributed by atoms with Gasteiger partial charge in [0.15, 0.2) is 0 Å². The Morgan fingerprint density at radius 1 is 1.11 bits per heavy atom. The summed E-state index contributed by atoms with van der Waals surface area (Å²) in [4.78, 5) is 11.3. The molecule has 1 aromatic rings. The molecular formula is C21H36N2O4S. The summed E-state index contributed by atoms with van der Waals surface area (Å²) in [5, 5.41) is 2.89. The maximum Gasteiger partial charge on any atom is 0.246 e. The molecule has 0 atom stereocenters. The Balaban J connectivity index is 0.000000567. The van der Waals surface area contributed by atoms with Crippen LogP contribution >= 0.6 is 0 Å². The molecule has 0 spiro atoms. The van der Waals surface area contributed by atoms with Crippen molar-refractivity contribution in [2.45, 2.75) is 45.8 Å². The molecule has 0 heterocycles. The summed E-state index contributed by atoms with van der Waals surface area (Å²) in [6.45, 7) is 14.2. The van der Waals surface area contributed by atoms with Crippen LogP contribution in [0, 0.1) is 0 Å². The summed E-state index contributed by atoms with van der Waals surface area (Å²) in [5.41, 5.74) is 1.12. The van der Waals surface area contributed by atoms with Crippen LogP contribution in [-0.2, 0) is 20.7 Å². The van der Waals surface area contributed by atoms with Crippen LogP contribution in [0.25, 0.3) is 0 Å². The van der Waals surface area contributed by atoms with Gasteiger partial charge in [-0.1, -0.05) is 50.8 Å². The molecule has 0 radical (unpaired) electrons. The van der Waals surface area contributed by atoms with Crippen LogP contribution in [0.5, 0.6) is 0 Å². The molecule has 0 saturated heterocycles. The van der Waals surface area contributed by atoms with Crippen LogP contribution in [0.2, 0.25) is 0 Å². The van der Waals surface area contributed by atoms with E-state index in [0.717, 1.165) is 24.0 Å². The third-order valence-corrected chi connectivity index (χ3v) is 4.95. The Hall–Kier alpha value is -1.70. The topological polar surface area (TPSA) is 86.3 Å². The molecule has 0 aliphatic carbocycles. The maximum atomic E-state index is 11.3. The molecule has 160 valence electrons. The zero-order valence-electron chi connectivity index (χ0n) is 17.7. The van der Waals surface area contributed by atoms with Crippen molar-refractivity contribution in [3.8, 4) is 0 Å². The molecule has 0 bridgehead atoms. The summed E-state index contributed by atoms with van der Waals surface area (Å²) in [6.07, 6.45) is 3.47. The summed E-state index contributed by atoms with van der Waals surface area (Å²) in [6, 6.07) is 8.37. The predicted octanol–water partition coefficient (Wildman–Crippen LogP) is 3.07. The van der Waals surface area contributed by atoms with Gasteiger partial charge >= 0.3 is 0 Å². The molecule has 0 unspecified atom stereocenters. The first-order valence-electron chi connectivity index (χ1n) is 9.77. The SMILES string of the molecule is C=C(C)C(=O)NCCC[N+](C)(CCC)CCC.O=S(=O)([O-])Cc1ccccc1. The van der Waals surface area contributed by atoms with Gasteiger partial charge in [0.1, 0.15) is 0 Å². The lowest BCUT2D eigenvalue weighted by Gasteiger charge is -2.34. The standard InChI is InChI=1S/C14H28N2O.C7H8O3S/c1-6-10-16(5,11-7-2)12-8-9-15-14(17)13(3)4;8-11(9,10)6-7-4-2-1-3-5-7/h3,6-12H2,1-2,4-5H3;1-5H,6H2,(H,8,9,10). The first-order chi connectivity index (χ1) is 13.0. The molecule has 6 nitrogen and oxygen atoms in total. The third kappa shape index (κ3) is 13.5. The average molecular weight is 413 g/mol. The smallest absolute Gasteiger partial charge is 0.246 e. The first kappa shape index (κ1) is 26.3. The Kier molecular flexibility index (Phi) is 12.7. The molecule has 0 saturated carbocycles. The minimum atomic E-state index is -4.13. The van der Waals surface area contributed by atoms with E-state index in [0.29, 0.717) is 11.1 Å². The van der Waals surface area contributed by atoms with Crippen molar-refractivity contribution in [3.05, 3.63) is 48.0 Å². The zero-order chi connectivity index (χ0) is 21.6. The van der Waals surface area contributed by atoms with Gasteiger partial charge in [0, 0.05) is 18.5 Å². The van der Waals surface area contributed by atoms with E-state index in [2.05, 4.69) is 32.8 Å². The number of hydrogen-bond donors (Lipinski definition) is 1. The van der Waals surface area contributed by atoms with E-state index in [1.165, 1.54) is 25.9 Å². The maximum absolute atomic E-state index is 11.3. The molecular weight excluding hydrogens is 376 g/mol.